The quantitative estimate of drug-likeness (QED) is 0.610. The van der Waals surface area contributed by atoms with E-state index < -0.39 is 11.0 Å². The van der Waals surface area contributed by atoms with E-state index in [-0.39, 0.29) is 18.2 Å². The number of hydrogen-bond acceptors (Lipinski definition) is 2. The topological polar surface area (TPSA) is 58.2 Å². The van der Waals surface area contributed by atoms with Gasteiger partial charge in [0.25, 0.3) is 5.91 Å². The Labute approximate surface area is 151 Å². The van der Waals surface area contributed by atoms with Crippen LogP contribution in [0.4, 0.5) is 0 Å². The predicted molar refractivity (Wildman–Crippen MR) is 96.2 cm³/mol. The third kappa shape index (κ3) is 5.55. The molecule has 2 rings (SSSR count). The summed E-state index contributed by atoms with van der Waals surface area (Å²) < 4.78 is 0. The lowest BCUT2D eigenvalue weighted by Crippen LogP contribution is -2.52. The number of carbonyl (C=O) groups is 2. The summed E-state index contributed by atoms with van der Waals surface area (Å²) in [6, 6.07) is 16.3. The zero-order valence-corrected chi connectivity index (χ0v) is 14.6. The van der Waals surface area contributed by atoms with E-state index in [2.05, 4.69) is 10.6 Å². The van der Waals surface area contributed by atoms with Gasteiger partial charge in [-0.25, -0.2) is 0 Å². The third-order valence-corrected chi connectivity index (χ3v) is 3.88. The van der Waals surface area contributed by atoms with E-state index in [1.807, 2.05) is 49.4 Å². The average molecular weight is 365 g/mol. The lowest BCUT2D eigenvalue weighted by Gasteiger charge is -2.21. The molecule has 0 heterocycles. The Morgan fingerprint density at radius 3 is 2.17 bits per heavy atom. The molecule has 2 aromatic carbocycles. The Morgan fingerprint density at radius 1 is 0.958 bits per heavy atom. The molecule has 126 valence electrons. The molecule has 2 N–H and O–H groups in total. The minimum Gasteiger partial charge on any atom is -0.333 e. The van der Waals surface area contributed by atoms with E-state index >= 15 is 0 Å². The van der Waals surface area contributed by atoms with Crippen LogP contribution in [-0.2, 0) is 11.2 Å². The summed E-state index contributed by atoms with van der Waals surface area (Å²) in [5, 5.41) is 5.28. The molecule has 1 unspecified atom stereocenters. The van der Waals surface area contributed by atoms with E-state index in [1.54, 1.807) is 12.1 Å². The summed E-state index contributed by atoms with van der Waals surface area (Å²) in [6.07, 6.45) is -0.698. The first-order chi connectivity index (χ1) is 11.5. The van der Waals surface area contributed by atoms with Crippen LogP contribution in [0.15, 0.2) is 54.6 Å². The van der Waals surface area contributed by atoms with E-state index in [4.69, 9.17) is 23.2 Å². The second kappa shape index (κ2) is 8.71. The first-order valence-electron chi connectivity index (χ1n) is 7.44. The van der Waals surface area contributed by atoms with Crippen molar-refractivity contribution in [3.05, 3.63) is 71.3 Å². The van der Waals surface area contributed by atoms with Gasteiger partial charge >= 0.3 is 0 Å². The summed E-state index contributed by atoms with van der Waals surface area (Å²) in [7, 11) is 0. The van der Waals surface area contributed by atoms with Gasteiger partial charge in [0.05, 0.1) is 6.42 Å². The maximum atomic E-state index is 12.2. The fourth-order valence-corrected chi connectivity index (χ4v) is 2.35. The van der Waals surface area contributed by atoms with Gasteiger partial charge < -0.3 is 10.6 Å². The second-order valence-electron chi connectivity index (χ2n) is 5.38. The summed E-state index contributed by atoms with van der Waals surface area (Å²) >= 11 is 11.8. The van der Waals surface area contributed by atoms with Crippen LogP contribution in [0.5, 0.6) is 0 Å². The SMILES string of the molecule is Cc1ccc(C(=O)NC(NC(=O)Cc2ccccc2)C(Cl)Cl)cc1. The molecule has 0 radical (unpaired) electrons. The highest BCUT2D eigenvalue weighted by Crippen LogP contribution is 2.09. The summed E-state index contributed by atoms with van der Waals surface area (Å²) in [5.74, 6) is -0.631. The normalized spacial score (nSPS) is 11.8. The molecule has 4 nitrogen and oxygen atoms in total. The van der Waals surface area contributed by atoms with E-state index in [1.165, 1.54) is 0 Å². The molecular weight excluding hydrogens is 347 g/mol. The number of halogens is 2. The maximum Gasteiger partial charge on any atom is 0.252 e. The van der Waals surface area contributed by atoms with Gasteiger partial charge in [0.1, 0.15) is 11.0 Å². The van der Waals surface area contributed by atoms with Gasteiger partial charge in [-0.3, -0.25) is 9.59 Å². The second-order valence-corrected chi connectivity index (χ2v) is 6.55. The standard InChI is InChI=1S/C18H18Cl2N2O2/c1-12-7-9-14(10-8-12)18(24)22-17(16(19)20)21-15(23)11-13-5-3-2-4-6-13/h2-10,16-17H,11H2,1H3,(H,21,23)(H,22,24). The van der Waals surface area contributed by atoms with Crippen LogP contribution < -0.4 is 10.6 Å². The van der Waals surface area contributed by atoms with Crippen molar-refractivity contribution in [1.82, 2.24) is 10.6 Å². The van der Waals surface area contributed by atoms with Gasteiger partial charge in [-0.2, -0.15) is 0 Å². The fourth-order valence-electron chi connectivity index (χ4n) is 2.10. The molecule has 0 aliphatic rings. The summed E-state index contributed by atoms with van der Waals surface area (Å²) in [6.45, 7) is 1.93. The highest BCUT2D eigenvalue weighted by Gasteiger charge is 2.22. The Bertz CT molecular complexity index is 688. The van der Waals surface area contributed by atoms with Crippen LogP contribution in [0.1, 0.15) is 21.5 Å². The van der Waals surface area contributed by atoms with Crippen molar-refractivity contribution >= 4 is 35.0 Å². The smallest absolute Gasteiger partial charge is 0.252 e. The number of aryl methyl sites for hydroxylation is 1. The maximum absolute atomic E-state index is 12.2. The van der Waals surface area contributed by atoms with Crippen molar-refractivity contribution in [2.75, 3.05) is 0 Å². The summed E-state index contributed by atoms with van der Waals surface area (Å²) in [5.41, 5.74) is 2.38. The largest absolute Gasteiger partial charge is 0.333 e. The van der Waals surface area contributed by atoms with Crippen molar-refractivity contribution in [1.29, 1.82) is 0 Å². The minimum absolute atomic E-state index is 0.179. The molecule has 2 aromatic rings. The highest BCUT2D eigenvalue weighted by molar-refractivity contribution is 6.45. The van der Waals surface area contributed by atoms with Gasteiger partial charge in [-0.15, -0.1) is 23.2 Å². The molecule has 1 atom stereocenters. The molecule has 0 aliphatic carbocycles. The molecule has 0 fully saturated rings. The van der Waals surface area contributed by atoms with Gasteiger partial charge in [0.15, 0.2) is 0 Å². The van der Waals surface area contributed by atoms with Crippen LogP contribution in [0.2, 0.25) is 0 Å². The lowest BCUT2D eigenvalue weighted by atomic mass is 10.1. The van der Waals surface area contributed by atoms with E-state index in [9.17, 15) is 9.59 Å². The van der Waals surface area contributed by atoms with Gasteiger partial charge in [0.2, 0.25) is 5.91 Å². The molecule has 2 amide bonds. The molecule has 0 bridgehead atoms. The number of alkyl halides is 2. The van der Waals surface area contributed by atoms with Crippen LogP contribution in [0.25, 0.3) is 0 Å². The van der Waals surface area contributed by atoms with Gasteiger partial charge in [0, 0.05) is 5.56 Å². The molecule has 24 heavy (non-hydrogen) atoms. The van der Waals surface area contributed by atoms with Crippen LogP contribution >= 0.6 is 23.2 Å². The Hall–Kier alpha value is -2.04. The van der Waals surface area contributed by atoms with Gasteiger partial charge in [-0.05, 0) is 24.6 Å². The Kier molecular flexibility index (Phi) is 6.64. The monoisotopic (exact) mass is 364 g/mol. The first-order valence-corrected chi connectivity index (χ1v) is 8.32. The van der Waals surface area contributed by atoms with Crippen molar-refractivity contribution in [2.45, 2.75) is 24.3 Å². The fraction of sp³-hybridized carbons (Fsp3) is 0.222. The highest BCUT2D eigenvalue weighted by atomic mass is 35.5. The predicted octanol–water partition coefficient (Wildman–Crippen LogP) is 3.21. The molecule has 0 aliphatic heterocycles. The average Bonchev–Trinajstić information content (AvgIpc) is 2.55. The third-order valence-electron chi connectivity index (χ3n) is 3.38. The van der Waals surface area contributed by atoms with Crippen LogP contribution in [0.3, 0.4) is 0 Å². The number of amides is 2. The van der Waals surface area contributed by atoms with E-state index in [0.29, 0.717) is 5.56 Å². The zero-order valence-electron chi connectivity index (χ0n) is 13.1. The van der Waals surface area contributed by atoms with Crippen molar-refractivity contribution < 1.29 is 9.59 Å². The van der Waals surface area contributed by atoms with Crippen molar-refractivity contribution in [3.8, 4) is 0 Å². The van der Waals surface area contributed by atoms with Crippen molar-refractivity contribution in [3.63, 3.8) is 0 Å². The number of rotatable bonds is 6. The Morgan fingerprint density at radius 2 is 1.58 bits per heavy atom. The van der Waals surface area contributed by atoms with Crippen LogP contribution in [0, 0.1) is 6.92 Å². The molecule has 0 aromatic heterocycles. The summed E-state index contributed by atoms with van der Waals surface area (Å²) in [4.78, 5) is 23.4. The molecule has 6 heteroatoms. The van der Waals surface area contributed by atoms with Crippen molar-refractivity contribution in [2.24, 2.45) is 0 Å². The molecule has 0 saturated heterocycles. The number of carbonyl (C=O) groups excluding carboxylic acids is 2. The molecule has 0 saturated carbocycles. The number of hydrogen-bond donors (Lipinski definition) is 2. The Balaban J connectivity index is 1.97. The minimum atomic E-state index is -0.973. The molecule has 0 spiro atoms. The lowest BCUT2D eigenvalue weighted by molar-refractivity contribution is -0.121. The number of nitrogens with one attached hydrogen (secondary N) is 2. The van der Waals surface area contributed by atoms with Gasteiger partial charge in [-0.1, -0.05) is 48.0 Å². The first kappa shape index (κ1) is 18.3. The zero-order chi connectivity index (χ0) is 17.5. The molecular formula is C18H18Cl2N2O2. The van der Waals surface area contributed by atoms with E-state index in [0.717, 1.165) is 11.1 Å². The van der Waals surface area contributed by atoms with Crippen LogP contribution in [-0.4, -0.2) is 22.8 Å². The number of benzene rings is 2.